The van der Waals surface area contributed by atoms with Crippen molar-refractivity contribution in [3.8, 4) is 0 Å². The van der Waals surface area contributed by atoms with Crippen molar-refractivity contribution >= 4 is 36.8 Å². The van der Waals surface area contributed by atoms with Gasteiger partial charge in [0.05, 0.1) is 0 Å². The van der Waals surface area contributed by atoms with Crippen LogP contribution in [-0.2, 0) is 9.59 Å². The molecule has 2 aliphatic carbocycles. The molecule has 0 saturated carbocycles. The number of carbonyl (C=O) groups is 2. The fourth-order valence-corrected chi connectivity index (χ4v) is 2.59. The maximum atomic E-state index is 10.4. The van der Waals surface area contributed by atoms with E-state index in [0.29, 0.717) is 48.9 Å². The highest BCUT2D eigenvalue weighted by molar-refractivity contribution is 5.87. The number of hydrogen-bond acceptors (Lipinski definition) is 4. The quantitative estimate of drug-likeness (QED) is 0.590. The van der Waals surface area contributed by atoms with Gasteiger partial charge in [0, 0.05) is 11.1 Å². The third-order valence-electron chi connectivity index (χ3n) is 4.26. The number of carboxylic acid groups (broad SMARTS) is 2. The van der Waals surface area contributed by atoms with Crippen LogP contribution < -0.4 is 11.5 Å². The van der Waals surface area contributed by atoms with Crippen LogP contribution in [0.15, 0.2) is 23.3 Å². The van der Waals surface area contributed by atoms with Crippen molar-refractivity contribution in [2.45, 2.75) is 38.5 Å². The number of carboxylic acids is 2. The molecule has 0 aliphatic heterocycles. The minimum absolute atomic E-state index is 0. The van der Waals surface area contributed by atoms with Gasteiger partial charge in [-0.05, 0) is 63.5 Å². The lowest BCUT2D eigenvalue weighted by Gasteiger charge is -2.17. The minimum atomic E-state index is -0.777. The molecule has 0 aromatic carbocycles. The van der Waals surface area contributed by atoms with Gasteiger partial charge in [-0.25, -0.2) is 9.59 Å². The molecule has 140 valence electrons. The first-order valence-corrected chi connectivity index (χ1v) is 7.72. The number of rotatable bonds is 4. The average Bonchev–Trinajstić information content (AvgIpc) is 2.55. The molecule has 0 amide bonds. The SMILES string of the molecule is Cl.Cl.NC[C@@H]1CC=C(C(=O)O)CC1.NC[C@H]1CC=C(C(=O)O)CC1. The monoisotopic (exact) mass is 382 g/mol. The fraction of sp³-hybridized carbons (Fsp3) is 0.625. The number of allylic oxidation sites excluding steroid dienone is 2. The van der Waals surface area contributed by atoms with E-state index >= 15 is 0 Å². The van der Waals surface area contributed by atoms with Crippen LogP contribution in [0, 0.1) is 11.8 Å². The Hall–Kier alpha value is -1.08. The Morgan fingerprint density at radius 1 is 0.875 bits per heavy atom. The van der Waals surface area contributed by atoms with Gasteiger partial charge in [0.15, 0.2) is 0 Å². The van der Waals surface area contributed by atoms with E-state index in [1.54, 1.807) is 12.2 Å². The lowest BCUT2D eigenvalue weighted by Crippen LogP contribution is -2.18. The molecule has 0 aromatic heterocycles. The topological polar surface area (TPSA) is 127 Å². The van der Waals surface area contributed by atoms with E-state index in [9.17, 15) is 9.59 Å². The van der Waals surface area contributed by atoms with E-state index in [-0.39, 0.29) is 24.8 Å². The van der Waals surface area contributed by atoms with Gasteiger partial charge < -0.3 is 21.7 Å². The van der Waals surface area contributed by atoms with Gasteiger partial charge in [0.2, 0.25) is 0 Å². The maximum Gasteiger partial charge on any atom is 0.331 e. The highest BCUT2D eigenvalue weighted by Gasteiger charge is 2.17. The lowest BCUT2D eigenvalue weighted by atomic mass is 9.90. The number of hydrogen-bond donors (Lipinski definition) is 4. The highest BCUT2D eigenvalue weighted by atomic mass is 35.5. The first kappa shape index (κ1) is 25.2. The Morgan fingerprint density at radius 2 is 1.21 bits per heavy atom. The fourth-order valence-electron chi connectivity index (χ4n) is 2.59. The minimum Gasteiger partial charge on any atom is -0.478 e. The number of halogens is 2. The maximum absolute atomic E-state index is 10.4. The third kappa shape index (κ3) is 8.68. The molecule has 0 fully saturated rings. The summed E-state index contributed by atoms with van der Waals surface area (Å²) in [6, 6.07) is 0. The zero-order chi connectivity index (χ0) is 16.5. The second-order valence-electron chi connectivity index (χ2n) is 5.82. The molecule has 2 aliphatic rings. The second kappa shape index (κ2) is 13.2. The zero-order valence-electron chi connectivity index (χ0n) is 13.6. The predicted molar refractivity (Wildman–Crippen MR) is 98.7 cm³/mol. The Morgan fingerprint density at radius 3 is 1.38 bits per heavy atom. The van der Waals surface area contributed by atoms with Crippen molar-refractivity contribution < 1.29 is 19.8 Å². The summed E-state index contributed by atoms with van der Waals surface area (Å²) in [6.45, 7) is 1.34. The standard InChI is InChI=1S/2C8H13NO2.2ClH/c2*9-5-6-1-3-7(4-2-6)8(10)11;;/h2*3,6H,1-2,4-5,9H2,(H,10,11);2*1H/t2*6-;;/m10../s1. The van der Waals surface area contributed by atoms with Crippen LogP contribution in [0.1, 0.15) is 38.5 Å². The van der Waals surface area contributed by atoms with Gasteiger partial charge in [0.25, 0.3) is 0 Å². The summed E-state index contributed by atoms with van der Waals surface area (Å²) >= 11 is 0. The molecule has 8 heteroatoms. The van der Waals surface area contributed by atoms with E-state index in [0.717, 1.165) is 25.7 Å². The van der Waals surface area contributed by atoms with Crippen molar-refractivity contribution in [2.75, 3.05) is 13.1 Å². The predicted octanol–water partition coefficient (Wildman–Crippen LogP) is 2.36. The lowest BCUT2D eigenvalue weighted by molar-refractivity contribution is -0.133. The Labute approximate surface area is 155 Å². The molecule has 2 rings (SSSR count). The third-order valence-corrected chi connectivity index (χ3v) is 4.26. The summed E-state index contributed by atoms with van der Waals surface area (Å²) in [5.74, 6) is -0.558. The van der Waals surface area contributed by atoms with Crippen LogP contribution in [0.25, 0.3) is 0 Å². The Balaban J connectivity index is 0. The largest absolute Gasteiger partial charge is 0.478 e. The van der Waals surface area contributed by atoms with E-state index in [1.165, 1.54) is 0 Å². The van der Waals surface area contributed by atoms with Crippen molar-refractivity contribution in [1.29, 1.82) is 0 Å². The van der Waals surface area contributed by atoms with Crippen LogP contribution in [0.4, 0.5) is 0 Å². The summed E-state index contributed by atoms with van der Waals surface area (Å²) < 4.78 is 0. The molecule has 6 nitrogen and oxygen atoms in total. The molecule has 24 heavy (non-hydrogen) atoms. The molecule has 0 aromatic rings. The molecule has 6 N–H and O–H groups in total. The first-order valence-electron chi connectivity index (χ1n) is 7.72. The van der Waals surface area contributed by atoms with Gasteiger partial charge >= 0.3 is 11.9 Å². The zero-order valence-corrected chi connectivity index (χ0v) is 15.3. The molecule has 0 saturated heterocycles. The van der Waals surface area contributed by atoms with Gasteiger partial charge in [-0.2, -0.15) is 0 Å². The van der Waals surface area contributed by atoms with Gasteiger partial charge in [-0.15, -0.1) is 24.8 Å². The Kier molecular flexibility index (Phi) is 13.9. The summed E-state index contributed by atoms with van der Waals surface area (Å²) in [5.41, 5.74) is 12.0. The Bertz CT molecular complexity index is 425. The normalized spacial score (nSPS) is 22.4. The van der Waals surface area contributed by atoms with Crippen molar-refractivity contribution in [2.24, 2.45) is 23.3 Å². The smallest absolute Gasteiger partial charge is 0.331 e. The van der Waals surface area contributed by atoms with E-state index < -0.39 is 11.9 Å². The van der Waals surface area contributed by atoms with Crippen molar-refractivity contribution in [3.05, 3.63) is 23.3 Å². The molecular formula is C16H28Cl2N2O4. The highest BCUT2D eigenvalue weighted by Crippen LogP contribution is 2.23. The second-order valence-corrected chi connectivity index (χ2v) is 5.82. The number of nitrogens with two attached hydrogens (primary N) is 2. The van der Waals surface area contributed by atoms with Gasteiger partial charge in [-0.3, -0.25) is 0 Å². The number of aliphatic carboxylic acids is 2. The summed E-state index contributed by atoms with van der Waals surface area (Å²) in [6.07, 6.45) is 8.46. The van der Waals surface area contributed by atoms with Gasteiger partial charge in [0.1, 0.15) is 0 Å². The molecular weight excluding hydrogens is 355 g/mol. The molecule has 0 heterocycles. The van der Waals surface area contributed by atoms with Crippen LogP contribution in [0.2, 0.25) is 0 Å². The van der Waals surface area contributed by atoms with Gasteiger partial charge in [-0.1, -0.05) is 12.2 Å². The molecule has 0 bridgehead atoms. The van der Waals surface area contributed by atoms with Crippen LogP contribution in [0.3, 0.4) is 0 Å². The molecule has 2 atom stereocenters. The van der Waals surface area contributed by atoms with Crippen molar-refractivity contribution in [3.63, 3.8) is 0 Å². The average molecular weight is 383 g/mol. The van der Waals surface area contributed by atoms with Crippen LogP contribution >= 0.6 is 24.8 Å². The summed E-state index contributed by atoms with van der Waals surface area (Å²) in [5, 5.41) is 17.2. The summed E-state index contributed by atoms with van der Waals surface area (Å²) in [4.78, 5) is 20.9. The first-order chi connectivity index (χ1) is 10.5. The molecule has 0 spiro atoms. The summed E-state index contributed by atoms with van der Waals surface area (Å²) in [7, 11) is 0. The van der Waals surface area contributed by atoms with E-state index in [4.69, 9.17) is 21.7 Å². The van der Waals surface area contributed by atoms with E-state index in [1.807, 2.05) is 0 Å². The van der Waals surface area contributed by atoms with Crippen LogP contribution in [-0.4, -0.2) is 35.2 Å². The molecule has 0 unspecified atom stereocenters. The van der Waals surface area contributed by atoms with Crippen molar-refractivity contribution in [1.82, 2.24) is 0 Å². The van der Waals surface area contributed by atoms with Crippen LogP contribution in [0.5, 0.6) is 0 Å². The molecule has 0 radical (unpaired) electrons. The van der Waals surface area contributed by atoms with E-state index in [2.05, 4.69) is 0 Å².